The third-order valence-corrected chi connectivity index (χ3v) is 3.48. The fourth-order valence-corrected chi connectivity index (χ4v) is 2.36. The van der Waals surface area contributed by atoms with Crippen LogP contribution in [0.2, 0.25) is 0 Å². The minimum atomic E-state index is -3.51. The lowest BCUT2D eigenvalue weighted by molar-refractivity contribution is 0.600. The first kappa shape index (κ1) is 12.7. The molecule has 2 heterocycles. The Morgan fingerprint density at radius 1 is 1.26 bits per heavy atom. The summed E-state index contributed by atoms with van der Waals surface area (Å²) in [7, 11) is -3.51. The lowest BCUT2D eigenvalue weighted by Crippen LogP contribution is -2.08. The minimum Gasteiger partial charge on any atom is -0.272 e. The van der Waals surface area contributed by atoms with Gasteiger partial charge in [-0.2, -0.15) is 10.5 Å². The SMILES string of the molecule is CS(=O)(=O)c1cccnc1-n1cnc(C#N)c1C#N. The van der Waals surface area contributed by atoms with Gasteiger partial charge in [-0.05, 0) is 12.1 Å². The van der Waals surface area contributed by atoms with Crippen molar-refractivity contribution in [2.45, 2.75) is 4.90 Å². The van der Waals surface area contributed by atoms with Gasteiger partial charge in [0.15, 0.2) is 27.0 Å². The summed E-state index contributed by atoms with van der Waals surface area (Å²) in [5, 5.41) is 17.9. The van der Waals surface area contributed by atoms with Crippen LogP contribution in [-0.2, 0) is 9.84 Å². The third-order valence-electron chi connectivity index (χ3n) is 2.36. The third kappa shape index (κ3) is 2.17. The molecule has 0 spiro atoms. The van der Waals surface area contributed by atoms with Gasteiger partial charge in [-0.1, -0.05) is 0 Å². The molecule has 0 unspecified atom stereocenters. The Labute approximate surface area is 109 Å². The molecule has 0 fully saturated rings. The molecule has 0 aliphatic heterocycles. The van der Waals surface area contributed by atoms with E-state index in [4.69, 9.17) is 10.5 Å². The number of imidazole rings is 1. The van der Waals surface area contributed by atoms with E-state index in [-0.39, 0.29) is 22.1 Å². The number of nitriles is 2. The summed E-state index contributed by atoms with van der Waals surface area (Å²) >= 11 is 0. The molecule has 0 radical (unpaired) electrons. The molecule has 0 saturated heterocycles. The zero-order chi connectivity index (χ0) is 14.0. The van der Waals surface area contributed by atoms with E-state index in [1.165, 1.54) is 29.2 Å². The summed E-state index contributed by atoms with van der Waals surface area (Å²) in [6.45, 7) is 0. The fraction of sp³-hybridized carbons (Fsp3) is 0.0909. The second kappa shape index (κ2) is 4.52. The Morgan fingerprint density at radius 2 is 2.00 bits per heavy atom. The molecule has 7 nitrogen and oxygen atoms in total. The van der Waals surface area contributed by atoms with Crippen LogP contribution in [0.3, 0.4) is 0 Å². The lowest BCUT2D eigenvalue weighted by Gasteiger charge is -2.07. The molecule has 0 amide bonds. The first-order chi connectivity index (χ1) is 8.99. The maximum atomic E-state index is 11.7. The first-order valence-electron chi connectivity index (χ1n) is 5.02. The number of aromatic nitrogens is 3. The highest BCUT2D eigenvalue weighted by atomic mass is 32.2. The maximum Gasteiger partial charge on any atom is 0.179 e. The summed E-state index contributed by atoms with van der Waals surface area (Å²) in [5.74, 6) is 0.0514. The van der Waals surface area contributed by atoms with E-state index < -0.39 is 9.84 Å². The predicted octanol–water partition coefficient (Wildman–Crippen LogP) is 0.414. The molecule has 2 rings (SSSR count). The molecule has 0 atom stereocenters. The zero-order valence-corrected chi connectivity index (χ0v) is 10.6. The van der Waals surface area contributed by atoms with Gasteiger partial charge in [0, 0.05) is 12.5 Å². The highest BCUT2D eigenvalue weighted by molar-refractivity contribution is 7.90. The Hall–Kier alpha value is -2.71. The van der Waals surface area contributed by atoms with Crippen molar-refractivity contribution in [2.24, 2.45) is 0 Å². The Kier molecular flexibility index (Phi) is 3.03. The van der Waals surface area contributed by atoms with Crippen LogP contribution >= 0.6 is 0 Å². The normalized spacial score (nSPS) is 10.7. The van der Waals surface area contributed by atoms with Gasteiger partial charge >= 0.3 is 0 Å². The number of pyridine rings is 1. The van der Waals surface area contributed by atoms with Crippen molar-refractivity contribution in [3.05, 3.63) is 36.0 Å². The van der Waals surface area contributed by atoms with Gasteiger partial charge in [0.05, 0.1) is 0 Å². The van der Waals surface area contributed by atoms with Crippen molar-refractivity contribution < 1.29 is 8.42 Å². The maximum absolute atomic E-state index is 11.7. The highest BCUT2D eigenvalue weighted by Gasteiger charge is 2.19. The predicted molar refractivity (Wildman–Crippen MR) is 63.9 cm³/mol. The van der Waals surface area contributed by atoms with E-state index >= 15 is 0 Å². The van der Waals surface area contributed by atoms with E-state index in [0.717, 1.165) is 6.26 Å². The van der Waals surface area contributed by atoms with E-state index in [1.54, 1.807) is 6.07 Å². The van der Waals surface area contributed by atoms with Gasteiger partial charge in [-0.3, -0.25) is 4.57 Å². The van der Waals surface area contributed by atoms with Gasteiger partial charge in [0.1, 0.15) is 23.4 Å². The Morgan fingerprint density at radius 3 is 2.58 bits per heavy atom. The topological polar surface area (TPSA) is 112 Å². The van der Waals surface area contributed by atoms with Gasteiger partial charge in [-0.15, -0.1) is 0 Å². The number of hydrogen-bond donors (Lipinski definition) is 0. The van der Waals surface area contributed by atoms with Crippen molar-refractivity contribution in [3.8, 4) is 18.0 Å². The van der Waals surface area contributed by atoms with Crippen LogP contribution < -0.4 is 0 Å². The van der Waals surface area contributed by atoms with Crippen molar-refractivity contribution in [1.82, 2.24) is 14.5 Å². The van der Waals surface area contributed by atoms with E-state index in [1.807, 2.05) is 6.07 Å². The average Bonchev–Trinajstić information content (AvgIpc) is 2.80. The smallest absolute Gasteiger partial charge is 0.179 e. The summed E-state index contributed by atoms with van der Waals surface area (Å²) in [6.07, 6.45) is 3.65. The monoisotopic (exact) mass is 273 g/mol. The molecule has 0 saturated carbocycles. The van der Waals surface area contributed by atoms with Crippen molar-refractivity contribution in [2.75, 3.05) is 6.26 Å². The van der Waals surface area contributed by atoms with Gasteiger partial charge in [0.25, 0.3) is 0 Å². The number of hydrogen-bond acceptors (Lipinski definition) is 6. The number of rotatable bonds is 2. The van der Waals surface area contributed by atoms with Crippen LogP contribution in [0.1, 0.15) is 11.4 Å². The zero-order valence-electron chi connectivity index (χ0n) is 9.77. The number of sulfone groups is 1. The van der Waals surface area contributed by atoms with Crippen molar-refractivity contribution in [1.29, 1.82) is 10.5 Å². The van der Waals surface area contributed by atoms with Crippen LogP contribution in [0, 0.1) is 22.7 Å². The van der Waals surface area contributed by atoms with Crippen molar-refractivity contribution in [3.63, 3.8) is 0 Å². The second-order valence-electron chi connectivity index (χ2n) is 3.63. The molecule has 0 aliphatic carbocycles. The molecular formula is C11H7N5O2S. The van der Waals surface area contributed by atoms with Gasteiger partial charge in [0.2, 0.25) is 0 Å². The first-order valence-corrected chi connectivity index (χ1v) is 6.91. The molecule has 19 heavy (non-hydrogen) atoms. The molecular weight excluding hydrogens is 266 g/mol. The van der Waals surface area contributed by atoms with E-state index in [9.17, 15) is 8.42 Å². The fourth-order valence-electron chi connectivity index (χ4n) is 1.55. The van der Waals surface area contributed by atoms with Gasteiger partial charge in [-0.25, -0.2) is 18.4 Å². The number of nitrogens with zero attached hydrogens (tertiary/aromatic N) is 5. The molecule has 0 aromatic carbocycles. The van der Waals surface area contributed by atoms with Crippen LogP contribution in [0.25, 0.3) is 5.82 Å². The highest BCUT2D eigenvalue weighted by Crippen LogP contribution is 2.19. The summed E-state index contributed by atoms with van der Waals surface area (Å²) in [4.78, 5) is 7.67. The molecule has 8 heteroatoms. The molecule has 0 N–H and O–H groups in total. The van der Waals surface area contributed by atoms with E-state index in [0.29, 0.717) is 0 Å². The van der Waals surface area contributed by atoms with E-state index in [2.05, 4.69) is 9.97 Å². The largest absolute Gasteiger partial charge is 0.272 e. The molecule has 0 bridgehead atoms. The average molecular weight is 273 g/mol. The molecule has 0 aliphatic rings. The molecule has 2 aromatic rings. The van der Waals surface area contributed by atoms with Crippen LogP contribution in [0.5, 0.6) is 0 Å². The van der Waals surface area contributed by atoms with Crippen LogP contribution in [-0.4, -0.2) is 29.2 Å². The quantitative estimate of drug-likeness (QED) is 0.783. The molecule has 94 valence electrons. The summed E-state index contributed by atoms with van der Waals surface area (Å²) in [6, 6.07) is 6.44. The van der Waals surface area contributed by atoms with Crippen LogP contribution in [0.4, 0.5) is 0 Å². The molecule has 2 aromatic heterocycles. The van der Waals surface area contributed by atoms with Crippen molar-refractivity contribution >= 4 is 9.84 Å². The Balaban J connectivity index is 2.79. The van der Waals surface area contributed by atoms with Crippen LogP contribution in [0.15, 0.2) is 29.6 Å². The summed E-state index contributed by atoms with van der Waals surface area (Å²) in [5.41, 5.74) is -0.126. The second-order valence-corrected chi connectivity index (χ2v) is 5.62. The summed E-state index contributed by atoms with van der Waals surface area (Å²) < 4.78 is 24.6. The Bertz CT molecular complexity index is 824. The lowest BCUT2D eigenvalue weighted by atomic mass is 10.3. The standard InChI is InChI=1S/C11H7N5O2S/c1-19(17,18)10-3-2-4-14-11(10)16-7-15-8(5-12)9(16)6-13/h2-4,7H,1H3. The van der Waals surface area contributed by atoms with Gasteiger partial charge < -0.3 is 0 Å². The minimum absolute atomic E-state index is 0.0339.